The van der Waals surface area contributed by atoms with Crippen molar-refractivity contribution in [3.05, 3.63) is 59.7 Å². The van der Waals surface area contributed by atoms with Crippen molar-refractivity contribution in [3.8, 4) is 0 Å². The molecule has 0 unspecified atom stereocenters. The molecule has 0 saturated carbocycles. The molecule has 4 nitrogen and oxygen atoms in total. The maximum Gasteiger partial charge on any atom is 0.288 e. The van der Waals surface area contributed by atoms with Crippen LogP contribution in [0.4, 0.5) is 14.5 Å². The Morgan fingerprint density at radius 2 is 1.67 bits per heavy atom. The second-order valence-electron chi connectivity index (χ2n) is 4.96. The van der Waals surface area contributed by atoms with Crippen LogP contribution in [0, 0.1) is 0 Å². The average molecular weight is 350 g/mol. The standard InChI is InChI=1S/C17H16F2N2O2S/c1-11(22)21-14-6-2-12(3-7-14)10-20-16(23)13-4-8-15(9-5-13)24-17(18)19/h2-9,17H,10H2,1H3,(H,20,23)(H,21,22). The van der Waals surface area contributed by atoms with Gasteiger partial charge >= 0.3 is 0 Å². The normalized spacial score (nSPS) is 10.5. The van der Waals surface area contributed by atoms with Gasteiger partial charge in [-0.2, -0.15) is 8.78 Å². The summed E-state index contributed by atoms with van der Waals surface area (Å²) >= 11 is 0.440. The zero-order valence-electron chi connectivity index (χ0n) is 12.9. The topological polar surface area (TPSA) is 58.2 Å². The summed E-state index contributed by atoms with van der Waals surface area (Å²) in [6, 6.07) is 13.1. The number of thioether (sulfide) groups is 1. The van der Waals surface area contributed by atoms with E-state index in [-0.39, 0.29) is 11.8 Å². The zero-order valence-corrected chi connectivity index (χ0v) is 13.7. The van der Waals surface area contributed by atoms with E-state index in [0.29, 0.717) is 34.5 Å². The Kier molecular flexibility index (Phi) is 6.31. The number of hydrogen-bond donors (Lipinski definition) is 2. The van der Waals surface area contributed by atoms with Crippen LogP contribution in [0.1, 0.15) is 22.8 Å². The fourth-order valence-electron chi connectivity index (χ4n) is 1.98. The molecular formula is C17H16F2N2O2S. The Balaban J connectivity index is 1.89. The quantitative estimate of drug-likeness (QED) is 0.777. The van der Waals surface area contributed by atoms with Crippen molar-refractivity contribution in [3.63, 3.8) is 0 Å². The third kappa shape index (κ3) is 5.66. The molecule has 0 bridgehead atoms. The molecule has 0 aliphatic carbocycles. The van der Waals surface area contributed by atoms with Gasteiger partial charge in [-0.1, -0.05) is 23.9 Å². The molecule has 0 spiro atoms. The minimum absolute atomic E-state index is 0.149. The first kappa shape index (κ1) is 17.9. The summed E-state index contributed by atoms with van der Waals surface area (Å²) in [5.74, 6) is -2.91. The van der Waals surface area contributed by atoms with Crippen LogP contribution in [-0.4, -0.2) is 17.6 Å². The molecule has 0 fully saturated rings. The summed E-state index contributed by atoms with van der Waals surface area (Å²) in [6.07, 6.45) is 0. The summed E-state index contributed by atoms with van der Waals surface area (Å²) in [4.78, 5) is 23.4. The third-order valence-corrected chi connectivity index (χ3v) is 3.79. The number of amides is 2. The highest BCUT2D eigenvalue weighted by Gasteiger charge is 2.08. The minimum Gasteiger partial charge on any atom is -0.348 e. The van der Waals surface area contributed by atoms with Crippen LogP contribution < -0.4 is 10.6 Å². The van der Waals surface area contributed by atoms with Crippen LogP contribution in [0.5, 0.6) is 0 Å². The summed E-state index contributed by atoms with van der Waals surface area (Å²) in [7, 11) is 0. The molecule has 2 aromatic carbocycles. The van der Waals surface area contributed by atoms with Crippen molar-refractivity contribution in [1.29, 1.82) is 0 Å². The molecule has 0 heterocycles. The highest BCUT2D eigenvalue weighted by molar-refractivity contribution is 7.99. The van der Waals surface area contributed by atoms with Gasteiger partial charge in [0.2, 0.25) is 5.91 Å². The van der Waals surface area contributed by atoms with Gasteiger partial charge in [0.05, 0.1) is 0 Å². The van der Waals surface area contributed by atoms with E-state index < -0.39 is 5.76 Å². The Bertz CT molecular complexity index is 704. The van der Waals surface area contributed by atoms with Crippen LogP contribution in [-0.2, 0) is 11.3 Å². The molecule has 24 heavy (non-hydrogen) atoms. The monoisotopic (exact) mass is 350 g/mol. The Labute approximate surface area is 142 Å². The van der Waals surface area contributed by atoms with Gasteiger partial charge in [0, 0.05) is 29.6 Å². The van der Waals surface area contributed by atoms with E-state index in [0.717, 1.165) is 5.56 Å². The first-order valence-electron chi connectivity index (χ1n) is 7.13. The number of hydrogen-bond acceptors (Lipinski definition) is 3. The first-order valence-corrected chi connectivity index (χ1v) is 8.01. The van der Waals surface area contributed by atoms with Crippen molar-refractivity contribution in [2.24, 2.45) is 0 Å². The second kappa shape index (κ2) is 8.44. The highest BCUT2D eigenvalue weighted by Crippen LogP contribution is 2.25. The maximum absolute atomic E-state index is 12.2. The fourth-order valence-corrected chi connectivity index (χ4v) is 2.48. The summed E-state index contributed by atoms with van der Waals surface area (Å²) in [5, 5.41) is 5.41. The van der Waals surface area contributed by atoms with Crippen molar-refractivity contribution < 1.29 is 18.4 Å². The summed E-state index contributed by atoms with van der Waals surface area (Å²) in [5.41, 5.74) is 1.97. The van der Waals surface area contributed by atoms with E-state index in [1.54, 1.807) is 24.3 Å². The molecule has 2 rings (SSSR count). The number of anilines is 1. The molecule has 2 N–H and O–H groups in total. The van der Waals surface area contributed by atoms with Gasteiger partial charge in [0.25, 0.3) is 11.7 Å². The molecule has 0 saturated heterocycles. The Morgan fingerprint density at radius 3 is 2.21 bits per heavy atom. The molecule has 0 aromatic heterocycles. The van der Waals surface area contributed by atoms with E-state index >= 15 is 0 Å². The Morgan fingerprint density at radius 1 is 1.04 bits per heavy atom. The lowest BCUT2D eigenvalue weighted by molar-refractivity contribution is -0.114. The number of carbonyl (C=O) groups excluding carboxylic acids is 2. The first-order chi connectivity index (χ1) is 11.4. The molecule has 0 aliphatic rings. The van der Waals surface area contributed by atoms with Gasteiger partial charge < -0.3 is 10.6 Å². The number of alkyl halides is 2. The van der Waals surface area contributed by atoms with E-state index in [1.807, 2.05) is 0 Å². The minimum atomic E-state index is -2.48. The fraction of sp³-hybridized carbons (Fsp3) is 0.176. The van der Waals surface area contributed by atoms with Gasteiger partial charge in [0.1, 0.15) is 0 Å². The van der Waals surface area contributed by atoms with Crippen molar-refractivity contribution in [2.45, 2.75) is 24.1 Å². The number of halogens is 2. The van der Waals surface area contributed by atoms with Crippen LogP contribution in [0.2, 0.25) is 0 Å². The van der Waals surface area contributed by atoms with E-state index in [1.165, 1.54) is 31.2 Å². The van der Waals surface area contributed by atoms with Gasteiger partial charge in [-0.25, -0.2) is 0 Å². The van der Waals surface area contributed by atoms with Gasteiger partial charge in [0.15, 0.2) is 0 Å². The van der Waals surface area contributed by atoms with Crippen molar-refractivity contribution >= 4 is 29.3 Å². The average Bonchev–Trinajstić information content (AvgIpc) is 2.53. The number of benzene rings is 2. The van der Waals surface area contributed by atoms with Crippen LogP contribution in [0.3, 0.4) is 0 Å². The largest absolute Gasteiger partial charge is 0.348 e. The summed E-state index contributed by atoms with van der Waals surface area (Å²) in [6.45, 7) is 1.76. The molecule has 7 heteroatoms. The number of carbonyl (C=O) groups is 2. The maximum atomic E-state index is 12.2. The van der Waals surface area contributed by atoms with Gasteiger partial charge in [-0.05, 0) is 42.0 Å². The molecule has 0 atom stereocenters. The lowest BCUT2D eigenvalue weighted by Crippen LogP contribution is -2.22. The van der Waals surface area contributed by atoms with Gasteiger partial charge in [-0.15, -0.1) is 0 Å². The molecule has 126 valence electrons. The third-order valence-electron chi connectivity index (χ3n) is 3.07. The van der Waals surface area contributed by atoms with E-state index in [9.17, 15) is 18.4 Å². The van der Waals surface area contributed by atoms with Crippen LogP contribution in [0.15, 0.2) is 53.4 Å². The predicted octanol–water partition coefficient (Wildman–Crippen LogP) is 3.89. The molecule has 0 aliphatic heterocycles. The SMILES string of the molecule is CC(=O)Nc1ccc(CNC(=O)c2ccc(SC(F)F)cc2)cc1. The number of rotatable bonds is 6. The molecule has 0 radical (unpaired) electrons. The molecule has 2 amide bonds. The second-order valence-corrected chi connectivity index (χ2v) is 6.03. The molecule has 2 aromatic rings. The van der Waals surface area contributed by atoms with Crippen LogP contribution >= 0.6 is 11.8 Å². The molecular weight excluding hydrogens is 334 g/mol. The lowest BCUT2D eigenvalue weighted by Gasteiger charge is -2.07. The predicted molar refractivity (Wildman–Crippen MR) is 90.2 cm³/mol. The lowest BCUT2D eigenvalue weighted by atomic mass is 10.2. The van der Waals surface area contributed by atoms with Gasteiger partial charge in [-0.3, -0.25) is 9.59 Å². The Hall–Kier alpha value is -2.41. The van der Waals surface area contributed by atoms with Crippen LogP contribution in [0.25, 0.3) is 0 Å². The summed E-state index contributed by atoms with van der Waals surface area (Å²) < 4.78 is 24.5. The van der Waals surface area contributed by atoms with Crippen molar-refractivity contribution in [2.75, 3.05) is 5.32 Å². The number of nitrogens with one attached hydrogen (secondary N) is 2. The van der Waals surface area contributed by atoms with E-state index in [2.05, 4.69) is 10.6 Å². The van der Waals surface area contributed by atoms with Crippen molar-refractivity contribution in [1.82, 2.24) is 5.32 Å². The van der Waals surface area contributed by atoms with E-state index in [4.69, 9.17) is 0 Å². The zero-order chi connectivity index (χ0) is 17.5. The highest BCUT2D eigenvalue weighted by atomic mass is 32.2. The smallest absolute Gasteiger partial charge is 0.288 e.